The normalized spacial score (nSPS) is 14.6. The van der Waals surface area contributed by atoms with Gasteiger partial charge in [0.25, 0.3) is 0 Å². The maximum Gasteiger partial charge on any atom is 0.521 e. The van der Waals surface area contributed by atoms with E-state index in [9.17, 15) is 62.3 Å². The van der Waals surface area contributed by atoms with Crippen LogP contribution in [0.5, 0.6) is 0 Å². The highest BCUT2D eigenvalue weighted by atomic mass is 31.1. The molecule has 0 spiro atoms. The standard InChI is InChI=1S/2C16H15F6N5O.2HO4P.H2O.2H2/c2*17-10-6-12(19)11(18)4-8(10)3-9(23)5-14(28)26-1-2-27-13(7-26)24-25-15(27)16(20,21)22;2*1-4-5(2)3;;;/h2*4,6,9H,1-3,5,7,23H2;2*1H;1H2;2*1H/t2*9-;;;;;/m11...../s1. The predicted octanol–water partition coefficient (Wildman–Crippen LogP) is 2.69. The van der Waals surface area contributed by atoms with Crippen molar-refractivity contribution >= 4 is 28.3 Å². The largest absolute Gasteiger partial charge is 0.565 e. The van der Waals surface area contributed by atoms with Crippen LogP contribution in [0.3, 0.4) is 0 Å². The molecule has 67 heavy (non-hydrogen) atoms. The molecule has 0 saturated heterocycles. The highest BCUT2D eigenvalue weighted by Crippen LogP contribution is 2.31. The van der Waals surface area contributed by atoms with E-state index in [1.54, 1.807) is 0 Å². The lowest BCUT2D eigenvalue weighted by atomic mass is 10.0. The van der Waals surface area contributed by atoms with Gasteiger partial charge in [-0.15, -0.1) is 20.4 Å². The summed E-state index contributed by atoms with van der Waals surface area (Å²) in [6, 6.07) is 0.368. The molecule has 376 valence electrons. The Kier molecular flexibility index (Phi) is 21.7. The van der Waals surface area contributed by atoms with Crippen LogP contribution in [-0.2, 0) is 79.4 Å². The van der Waals surface area contributed by atoms with Gasteiger partial charge >= 0.3 is 28.9 Å². The van der Waals surface area contributed by atoms with Crippen LogP contribution in [0.4, 0.5) is 52.7 Å². The first kappa shape index (κ1) is 57.8. The Labute approximate surface area is 371 Å². The van der Waals surface area contributed by atoms with Gasteiger partial charge in [-0.05, 0) is 45.2 Å². The third-order valence-corrected chi connectivity index (χ3v) is 9.14. The number of rotatable bonds is 10. The van der Waals surface area contributed by atoms with Crippen LogP contribution < -0.4 is 21.3 Å². The van der Waals surface area contributed by atoms with Gasteiger partial charge in [0.15, 0.2) is 34.9 Å². The fourth-order valence-corrected chi connectivity index (χ4v) is 6.02. The van der Waals surface area contributed by atoms with Crippen molar-refractivity contribution in [2.45, 2.75) is 76.3 Å². The molecule has 4 heterocycles. The number of hydrogen-bond donors (Lipinski definition) is 4. The maximum absolute atomic E-state index is 13.7. The summed E-state index contributed by atoms with van der Waals surface area (Å²) in [7, 11) is -6.09. The summed E-state index contributed by atoms with van der Waals surface area (Å²) in [5.74, 6) is -10.3. The van der Waals surface area contributed by atoms with E-state index in [0.29, 0.717) is 24.3 Å². The zero-order valence-electron chi connectivity index (χ0n) is 33.4. The summed E-state index contributed by atoms with van der Waals surface area (Å²) < 4.78 is 182. The molecule has 4 aromatic rings. The van der Waals surface area contributed by atoms with Gasteiger partial charge in [-0.25, -0.2) is 36.9 Å². The van der Waals surface area contributed by atoms with Crippen molar-refractivity contribution in [1.29, 1.82) is 0 Å². The van der Waals surface area contributed by atoms with E-state index in [4.69, 9.17) is 40.9 Å². The number of benzene rings is 2. The molecule has 0 aliphatic carbocycles. The Hall–Kier alpha value is -5.34. The van der Waals surface area contributed by atoms with Crippen molar-refractivity contribution in [3.05, 3.63) is 93.6 Å². The van der Waals surface area contributed by atoms with Crippen LogP contribution in [0.1, 0.15) is 50.1 Å². The van der Waals surface area contributed by atoms with E-state index >= 15 is 0 Å². The second kappa shape index (κ2) is 25.1. The van der Waals surface area contributed by atoms with Crippen LogP contribution in [-0.4, -0.2) is 92.3 Å². The highest BCUT2D eigenvalue weighted by Gasteiger charge is 2.41. The maximum atomic E-state index is 13.7. The molecule has 0 bridgehead atoms. The fraction of sp³-hybridized carbons (Fsp3) is 0.438. The molecule has 6 rings (SSSR count). The number of carbonyl (C=O) groups is 2. The number of amides is 2. The molecule has 0 fully saturated rings. The molecule has 8 N–H and O–H groups in total. The number of nitrogens with two attached hydrogens (primary N) is 2. The SMILES string of the molecule is N[C@@H](CC(=O)N1CCn2c(nnc2C(F)(F)F)C1)Cc1cc(F)c(F)cc1F.N[C@@H](CC(=O)N1CCn2c(nnc2C(F)(F)F)C1)Cc1cc(F)c(F)cc1F.O.O=[P+]([O-])OO.O=[P+]([O-])OO.[HH].[HH]. The minimum Gasteiger partial charge on any atom is -0.565 e. The summed E-state index contributed by atoms with van der Waals surface area (Å²) in [6.07, 6.45) is -10.2. The molecule has 4 atom stereocenters. The molecular formula is C32H38F12N10O11P2. The van der Waals surface area contributed by atoms with Gasteiger partial charge in [-0.3, -0.25) is 9.59 Å². The van der Waals surface area contributed by atoms with Crippen LogP contribution in [0.2, 0.25) is 0 Å². The van der Waals surface area contributed by atoms with Crippen molar-refractivity contribution in [2.24, 2.45) is 11.5 Å². The summed E-state index contributed by atoms with van der Waals surface area (Å²) in [5.41, 5.74) is 11.3. The number of hydrogen-bond acceptors (Lipinski definition) is 16. The number of aromatic nitrogens is 6. The molecular weight excluding hydrogens is 990 g/mol. The van der Waals surface area contributed by atoms with E-state index in [0.717, 1.165) is 9.13 Å². The van der Waals surface area contributed by atoms with E-state index in [-0.39, 0.29) is 96.1 Å². The van der Waals surface area contributed by atoms with Crippen LogP contribution >= 0.6 is 16.5 Å². The molecule has 21 nitrogen and oxygen atoms in total. The third kappa shape index (κ3) is 17.0. The fourth-order valence-electron chi connectivity index (χ4n) is 6.02. The van der Waals surface area contributed by atoms with Crippen LogP contribution in [0.15, 0.2) is 24.3 Å². The second-order valence-electron chi connectivity index (χ2n) is 13.5. The Bertz CT molecular complexity index is 2220. The first-order chi connectivity index (χ1) is 30.7. The van der Waals surface area contributed by atoms with Crippen molar-refractivity contribution in [3.63, 3.8) is 0 Å². The molecule has 0 saturated carbocycles. The lowest BCUT2D eigenvalue weighted by Gasteiger charge is -2.29. The number of alkyl halides is 6. The van der Waals surface area contributed by atoms with Gasteiger partial charge in [-0.1, -0.05) is 0 Å². The monoisotopic (exact) mass is 1030 g/mol. The van der Waals surface area contributed by atoms with Gasteiger partial charge in [0.05, 0.1) is 13.1 Å². The smallest absolute Gasteiger partial charge is 0.521 e. The molecule has 2 amide bonds. The van der Waals surface area contributed by atoms with Gasteiger partial charge in [0.2, 0.25) is 23.5 Å². The average molecular weight is 1030 g/mol. The molecule has 0 radical (unpaired) electrons. The minimum absolute atomic E-state index is 0. The van der Waals surface area contributed by atoms with Crippen LogP contribution in [0.25, 0.3) is 0 Å². The molecule has 2 unspecified atom stereocenters. The number of halogens is 12. The first-order valence-electron chi connectivity index (χ1n) is 17.9. The zero-order chi connectivity index (χ0) is 49.8. The number of carbonyl (C=O) groups excluding carboxylic acids is 2. The first-order valence-corrected chi connectivity index (χ1v) is 20.1. The van der Waals surface area contributed by atoms with Gasteiger partial charge in [-0.2, -0.15) is 26.3 Å². The molecule has 2 aromatic carbocycles. The molecule has 2 aliphatic rings. The van der Waals surface area contributed by atoms with Gasteiger partial charge < -0.3 is 45.7 Å². The predicted molar refractivity (Wildman–Crippen MR) is 197 cm³/mol. The number of nitrogens with zero attached hydrogens (tertiary/aromatic N) is 8. The Morgan fingerprint density at radius 1 is 0.627 bits per heavy atom. The van der Waals surface area contributed by atoms with E-state index in [1.165, 1.54) is 9.80 Å². The summed E-state index contributed by atoms with van der Waals surface area (Å²) in [4.78, 5) is 45.1. The summed E-state index contributed by atoms with van der Waals surface area (Å²) in [6.45, 7) is -0.604. The van der Waals surface area contributed by atoms with Gasteiger partial charge in [0.1, 0.15) is 11.6 Å². The molecule has 2 aliphatic heterocycles. The third-order valence-electron chi connectivity index (χ3n) is 8.87. The Balaban J connectivity index is 0.00000108. The van der Waals surface area contributed by atoms with Crippen molar-refractivity contribution in [1.82, 2.24) is 39.3 Å². The van der Waals surface area contributed by atoms with Crippen molar-refractivity contribution < 1.29 is 109 Å². The van der Waals surface area contributed by atoms with Gasteiger partial charge in [0, 0.05) is 75.4 Å². The van der Waals surface area contributed by atoms with E-state index in [1.807, 2.05) is 0 Å². The summed E-state index contributed by atoms with van der Waals surface area (Å²) >= 11 is 0. The van der Waals surface area contributed by atoms with Crippen molar-refractivity contribution in [3.8, 4) is 0 Å². The van der Waals surface area contributed by atoms with E-state index in [2.05, 4.69) is 29.7 Å². The topological polar surface area (TPSA) is 325 Å². The van der Waals surface area contributed by atoms with Crippen molar-refractivity contribution in [2.75, 3.05) is 13.1 Å². The quantitative estimate of drug-likeness (QED) is 0.0583. The van der Waals surface area contributed by atoms with E-state index < -0.39 is 99.3 Å². The molecule has 2 aromatic heterocycles. The average Bonchev–Trinajstić information content (AvgIpc) is 3.87. The Morgan fingerprint density at radius 3 is 1.21 bits per heavy atom. The van der Waals surface area contributed by atoms with Crippen LogP contribution in [0, 0.1) is 34.9 Å². The minimum atomic E-state index is -4.64. The lowest BCUT2D eigenvalue weighted by molar-refractivity contribution is -0.245. The molecule has 35 heteroatoms. The highest BCUT2D eigenvalue weighted by molar-refractivity contribution is 7.30. The second-order valence-corrected chi connectivity index (χ2v) is 14.7. The number of fused-ring (bicyclic) bond motifs is 2. The Morgan fingerprint density at radius 2 is 0.925 bits per heavy atom. The lowest BCUT2D eigenvalue weighted by Crippen LogP contribution is -2.42. The summed E-state index contributed by atoms with van der Waals surface area (Å²) in [5, 5.41) is 27.3. The zero-order valence-corrected chi connectivity index (χ0v) is 35.1.